The van der Waals surface area contributed by atoms with Gasteiger partial charge in [0.1, 0.15) is 11.9 Å². The van der Waals surface area contributed by atoms with E-state index in [0.717, 1.165) is 23.6 Å². The molecular weight excluding hydrogens is 234 g/mol. The van der Waals surface area contributed by atoms with Gasteiger partial charge < -0.3 is 10.1 Å². The van der Waals surface area contributed by atoms with Crippen LogP contribution in [0.15, 0.2) is 24.3 Å². The number of halogens is 1. The van der Waals surface area contributed by atoms with Crippen molar-refractivity contribution in [3.8, 4) is 5.75 Å². The van der Waals surface area contributed by atoms with Crippen LogP contribution >= 0.6 is 11.6 Å². The van der Waals surface area contributed by atoms with Gasteiger partial charge in [-0.25, -0.2) is 0 Å². The quantitative estimate of drug-likeness (QED) is 0.870. The van der Waals surface area contributed by atoms with Crippen LogP contribution in [0.3, 0.4) is 0 Å². The van der Waals surface area contributed by atoms with Crippen molar-refractivity contribution in [1.82, 2.24) is 5.32 Å². The molecule has 1 N–H and O–H groups in total. The van der Waals surface area contributed by atoms with Gasteiger partial charge in [0, 0.05) is 17.1 Å². The first kappa shape index (κ1) is 11.4. The Bertz CT molecular complexity index is 384. The Balaban J connectivity index is 1.65. The minimum atomic E-state index is 0.352. The third-order valence-electron chi connectivity index (χ3n) is 3.77. The van der Waals surface area contributed by atoms with Crippen LogP contribution in [-0.2, 0) is 0 Å². The Morgan fingerprint density at radius 1 is 1.18 bits per heavy atom. The highest BCUT2D eigenvalue weighted by atomic mass is 35.5. The Labute approximate surface area is 107 Å². The molecule has 2 atom stereocenters. The smallest absolute Gasteiger partial charge is 0.121 e. The maximum Gasteiger partial charge on any atom is 0.121 e. The molecule has 17 heavy (non-hydrogen) atoms. The number of benzene rings is 1. The van der Waals surface area contributed by atoms with Gasteiger partial charge in [-0.3, -0.25) is 0 Å². The zero-order valence-electron chi connectivity index (χ0n) is 9.86. The predicted octanol–water partition coefficient (Wildman–Crippen LogP) is 3.39. The largest absolute Gasteiger partial charge is 0.490 e. The third-order valence-corrected chi connectivity index (χ3v) is 4.01. The number of hydrogen-bond donors (Lipinski definition) is 1. The second kappa shape index (κ2) is 4.87. The van der Waals surface area contributed by atoms with E-state index >= 15 is 0 Å². The molecule has 92 valence electrons. The molecule has 0 amide bonds. The Hall–Kier alpha value is -0.730. The van der Waals surface area contributed by atoms with Crippen molar-refractivity contribution in [3.63, 3.8) is 0 Å². The predicted molar refractivity (Wildman–Crippen MR) is 69.7 cm³/mol. The van der Waals surface area contributed by atoms with E-state index in [1.54, 1.807) is 0 Å². The van der Waals surface area contributed by atoms with Crippen LogP contribution < -0.4 is 10.1 Å². The van der Waals surface area contributed by atoms with Crippen molar-refractivity contribution in [2.24, 2.45) is 0 Å². The molecule has 2 nitrogen and oxygen atoms in total. The van der Waals surface area contributed by atoms with E-state index in [1.807, 2.05) is 24.3 Å². The van der Waals surface area contributed by atoms with Crippen molar-refractivity contribution in [2.75, 3.05) is 0 Å². The average Bonchev–Trinajstić information content (AvgIpc) is 2.28. The van der Waals surface area contributed by atoms with E-state index in [0.29, 0.717) is 18.2 Å². The summed E-state index contributed by atoms with van der Waals surface area (Å²) in [5, 5.41) is 4.42. The van der Waals surface area contributed by atoms with Crippen LogP contribution in [0.1, 0.15) is 32.1 Å². The lowest BCUT2D eigenvalue weighted by atomic mass is 9.85. The summed E-state index contributed by atoms with van der Waals surface area (Å²) in [5.41, 5.74) is 0. The molecule has 2 saturated heterocycles. The van der Waals surface area contributed by atoms with Gasteiger partial charge in [-0.05, 0) is 43.9 Å². The van der Waals surface area contributed by atoms with Crippen LogP contribution in [0.4, 0.5) is 0 Å². The summed E-state index contributed by atoms with van der Waals surface area (Å²) >= 11 is 5.97. The van der Waals surface area contributed by atoms with E-state index in [4.69, 9.17) is 16.3 Å². The fourth-order valence-electron chi connectivity index (χ4n) is 3.04. The van der Waals surface area contributed by atoms with Crippen LogP contribution in [-0.4, -0.2) is 18.2 Å². The molecular formula is C14H18ClNO. The summed E-state index contributed by atoms with van der Waals surface area (Å²) in [6.45, 7) is 0. The van der Waals surface area contributed by atoms with Gasteiger partial charge in [0.2, 0.25) is 0 Å². The molecule has 1 aromatic carbocycles. The number of rotatable bonds is 2. The molecule has 2 heterocycles. The molecule has 3 heteroatoms. The van der Waals surface area contributed by atoms with Crippen molar-refractivity contribution in [3.05, 3.63) is 29.3 Å². The molecule has 2 bridgehead atoms. The average molecular weight is 252 g/mol. The maximum absolute atomic E-state index is 6.05. The van der Waals surface area contributed by atoms with Crippen molar-refractivity contribution in [2.45, 2.75) is 50.3 Å². The van der Waals surface area contributed by atoms with E-state index in [2.05, 4.69) is 5.32 Å². The Kier molecular flexibility index (Phi) is 3.26. The first-order valence-electron chi connectivity index (χ1n) is 6.48. The van der Waals surface area contributed by atoms with Gasteiger partial charge >= 0.3 is 0 Å². The van der Waals surface area contributed by atoms with Crippen LogP contribution in [0.5, 0.6) is 5.75 Å². The SMILES string of the molecule is Clc1cccc(OC2CC3CCCC(C2)N3)c1. The van der Waals surface area contributed by atoms with Gasteiger partial charge in [-0.15, -0.1) is 0 Å². The van der Waals surface area contributed by atoms with Crippen molar-refractivity contribution in [1.29, 1.82) is 0 Å². The molecule has 0 radical (unpaired) electrons. The third kappa shape index (κ3) is 2.75. The zero-order valence-corrected chi connectivity index (χ0v) is 10.6. The molecule has 0 aromatic heterocycles. The van der Waals surface area contributed by atoms with E-state index < -0.39 is 0 Å². The maximum atomic E-state index is 6.05. The van der Waals surface area contributed by atoms with E-state index in [-0.39, 0.29) is 0 Å². The lowest BCUT2D eigenvalue weighted by Gasteiger charge is -2.40. The molecule has 0 spiro atoms. The standard InChI is InChI=1S/C14H18ClNO/c15-10-3-1-6-13(7-10)17-14-8-11-4-2-5-12(9-14)16-11/h1,3,6-7,11-12,14,16H,2,4-5,8-9H2. The number of piperidine rings is 2. The second-order valence-electron chi connectivity index (χ2n) is 5.16. The summed E-state index contributed by atoms with van der Waals surface area (Å²) in [4.78, 5) is 0. The molecule has 3 rings (SSSR count). The molecule has 2 unspecified atom stereocenters. The van der Waals surface area contributed by atoms with E-state index in [9.17, 15) is 0 Å². The minimum absolute atomic E-state index is 0.352. The summed E-state index contributed by atoms with van der Waals surface area (Å²) < 4.78 is 6.05. The van der Waals surface area contributed by atoms with Gasteiger partial charge in [0.05, 0.1) is 0 Å². The second-order valence-corrected chi connectivity index (χ2v) is 5.60. The monoisotopic (exact) mass is 251 g/mol. The fourth-order valence-corrected chi connectivity index (χ4v) is 3.22. The highest BCUT2D eigenvalue weighted by Crippen LogP contribution is 2.29. The Morgan fingerprint density at radius 3 is 2.65 bits per heavy atom. The van der Waals surface area contributed by atoms with Gasteiger partial charge in [-0.2, -0.15) is 0 Å². The highest BCUT2D eigenvalue weighted by molar-refractivity contribution is 6.30. The normalized spacial score (nSPS) is 32.2. The minimum Gasteiger partial charge on any atom is -0.490 e. The molecule has 2 aliphatic rings. The van der Waals surface area contributed by atoms with Gasteiger partial charge in [0.15, 0.2) is 0 Å². The van der Waals surface area contributed by atoms with Gasteiger partial charge in [-0.1, -0.05) is 24.1 Å². The number of hydrogen-bond acceptors (Lipinski definition) is 2. The van der Waals surface area contributed by atoms with Crippen molar-refractivity contribution >= 4 is 11.6 Å². The molecule has 0 saturated carbocycles. The lowest BCUT2D eigenvalue weighted by Crippen LogP contribution is -2.51. The molecule has 2 aliphatic heterocycles. The fraction of sp³-hybridized carbons (Fsp3) is 0.571. The highest BCUT2D eigenvalue weighted by Gasteiger charge is 2.32. The summed E-state index contributed by atoms with van der Waals surface area (Å²) in [6, 6.07) is 9.03. The molecule has 1 aromatic rings. The van der Waals surface area contributed by atoms with Crippen LogP contribution in [0, 0.1) is 0 Å². The topological polar surface area (TPSA) is 21.3 Å². The van der Waals surface area contributed by atoms with Gasteiger partial charge in [0.25, 0.3) is 0 Å². The first-order valence-corrected chi connectivity index (χ1v) is 6.85. The lowest BCUT2D eigenvalue weighted by molar-refractivity contribution is 0.0927. The molecule has 0 aliphatic carbocycles. The number of fused-ring (bicyclic) bond motifs is 2. The summed E-state index contributed by atoms with van der Waals surface area (Å²) in [5.74, 6) is 0.905. The van der Waals surface area contributed by atoms with Crippen LogP contribution in [0.25, 0.3) is 0 Å². The van der Waals surface area contributed by atoms with E-state index in [1.165, 1.54) is 19.3 Å². The molecule has 2 fully saturated rings. The summed E-state index contributed by atoms with van der Waals surface area (Å²) in [6.07, 6.45) is 6.57. The zero-order chi connectivity index (χ0) is 11.7. The van der Waals surface area contributed by atoms with Crippen molar-refractivity contribution < 1.29 is 4.74 Å². The van der Waals surface area contributed by atoms with Crippen LogP contribution in [0.2, 0.25) is 5.02 Å². The number of nitrogens with one attached hydrogen (secondary N) is 1. The Morgan fingerprint density at radius 2 is 1.94 bits per heavy atom. The number of ether oxygens (including phenoxy) is 1. The first-order chi connectivity index (χ1) is 8.29. The summed E-state index contributed by atoms with van der Waals surface area (Å²) in [7, 11) is 0.